The summed E-state index contributed by atoms with van der Waals surface area (Å²) in [4.78, 5) is 2.63. The van der Waals surface area contributed by atoms with Crippen LogP contribution >= 0.6 is 0 Å². The lowest BCUT2D eigenvalue weighted by atomic mass is 9.73. The highest BCUT2D eigenvalue weighted by Crippen LogP contribution is 2.36. The van der Waals surface area contributed by atoms with Crippen LogP contribution in [0.5, 0.6) is 0 Å². The molecule has 2 aliphatic heterocycles. The van der Waals surface area contributed by atoms with Crippen LogP contribution in [0.15, 0.2) is 24.3 Å². The number of hydrogen-bond acceptors (Lipinski definition) is 3. The van der Waals surface area contributed by atoms with Gasteiger partial charge in [0, 0.05) is 51.4 Å². The number of rotatable bonds is 3. The third-order valence-corrected chi connectivity index (χ3v) is 4.85. The summed E-state index contributed by atoms with van der Waals surface area (Å²) in [6.07, 6.45) is 2.31. The number of ether oxygens (including phenoxy) is 1. The zero-order valence-electron chi connectivity index (χ0n) is 12.5. The molecule has 0 spiro atoms. The van der Waals surface area contributed by atoms with E-state index in [4.69, 9.17) is 4.74 Å². The highest BCUT2D eigenvalue weighted by atomic mass is 16.5. The predicted molar refractivity (Wildman–Crippen MR) is 82.2 cm³/mol. The summed E-state index contributed by atoms with van der Waals surface area (Å²) in [7, 11) is 0. The van der Waals surface area contributed by atoms with Gasteiger partial charge in [0.1, 0.15) is 0 Å². The van der Waals surface area contributed by atoms with Gasteiger partial charge in [-0.3, -0.25) is 4.90 Å². The fraction of sp³-hybridized carbons (Fsp3) is 0.647. The molecular weight excluding hydrogens is 248 g/mol. The SMILES string of the molecule is Cc1ccc(C2(CN3CCNCC3)CCOCC2)cc1. The van der Waals surface area contributed by atoms with Gasteiger partial charge in [-0.25, -0.2) is 0 Å². The molecule has 1 aromatic rings. The Kier molecular flexibility index (Phi) is 4.39. The zero-order chi connectivity index (χ0) is 13.8. The Bertz CT molecular complexity index is 417. The average Bonchev–Trinajstić information content (AvgIpc) is 2.50. The van der Waals surface area contributed by atoms with Crippen LogP contribution in [0.4, 0.5) is 0 Å². The summed E-state index contributed by atoms with van der Waals surface area (Å²) >= 11 is 0. The highest BCUT2D eigenvalue weighted by Gasteiger charge is 2.36. The number of piperazine rings is 1. The second-order valence-electron chi connectivity index (χ2n) is 6.28. The van der Waals surface area contributed by atoms with Crippen LogP contribution in [0.25, 0.3) is 0 Å². The fourth-order valence-electron chi connectivity index (χ4n) is 3.50. The first-order valence-corrected chi connectivity index (χ1v) is 7.87. The van der Waals surface area contributed by atoms with Crippen molar-refractivity contribution in [3.8, 4) is 0 Å². The molecule has 0 radical (unpaired) electrons. The van der Waals surface area contributed by atoms with Gasteiger partial charge < -0.3 is 10.1 Å². The molecule has 1 N–H and O–H groups in total. The molecular formula is C17H26N2O. The summed E-state index contributed by atoms with van der Waals surface area (Å²) in [5.74, 6) is 0. The van der Waals surface area contributed by atoms with Gasteiger partial charge in [0.15, 0.2) is 0 Å². The molecule has 2 heterocycles. The Morgan fingerprint density at radius 1 is 1.10 bits per heavy atom. The average molecular weight is 274 g/mol. The Morgan fingerprint density at radius 3 is 2.40 bits per heavy atom. The minimum atomic E-state index is 0.295. The number of nitrogens with zero attached hydrogens (tertiary/aromatic N) is 1. The standard InChI is InChI=1S/C17H26N2O/c1-15-2-4-16(5-3-15)17(6-12-20-13-7-17)14-19-10-8-18-9-11-19/h2-5,18H,6-14H2,1H3. The van der Waals surface area contributed by atoms with Gasteiger partial charge in [0.2, 0.25) is 0 Å². The Balaban J connectivity index is 1.81. The van der Waals surface area contributed by atoms with E-state index in [-0.39, 0.29) is 0 Å². The summed E-state index contributed by atoms with van der Waals surface area (Å²) in [6.45, 7) is 9.75. The normalized spacial score (nSPS) is 23.6. The van der Waals surface area contributed by atoms with E-state index < -0.39 is 0 Å². The van der Waals surface area contributed by atoms with E-state index in [2.05, 4.69) is 41.4 Å². The Hall–Kier alpha value is -0.900. The largest absolute Gasteiger partial charge is 0.381 e. The Morgan fingerprint density at radius 2 is 1.75 bits per heavy atom. The van der Waals surface area contributed by atoms with Crippen LogP contribution in [0.1, 0.15) is 24.0 Å². The van der Waals surface area contributed by atoms with Crippen LogP contribution in [-0.4, -0.2) is 50.8 Å². The molecule has 3 rings (SSSR count). The molecule has 2 saturated heterocycles. The molecule has 0 aliphatic carbocycles. The van der Waals surface area contributed by atoms with Gasteiger partial charge in [-0.2, -0.15) is 0 Å². The summed E-state index contributed by atoms with van der Waals surface area (Å²) < 4.78 is 5.63. The molecule has 2 aliphatic rings. The molecule has 0 unspecified atom stereocenters. The molecule has 0 amide bonds. The lowest BCUT2D eigenvalue weighted by molar-refractivity contribution is 0.0320. The van der Waals surface area contributed by atoms with Gasteiger partial charge >= 0.3 is 0 Å². The number of hydrogen-bond donors (Lipinski definition) is 1. The van der Waals surface area contributed by atoms with Crippen LogP contribution in [0, 0.1) is 6.92 Å². The summed E-state index contributed by atoms with van der Waals surface area (Å²) in [5, 5.41) is 3.45. The maximum Gasteiger partial charge on any atom is 0.0475 e. The van der Waals surface area contributed by atoms with E-state index in [9.17, 15) is 0 Å². The van der Waals surface area contributed by atoms with E-state index in [0.717, 1.165) is 39.1 Å². The van der Waals surface area contributed by atoms with Gasteiger partial charge in [-0.15, -0.1) is 0 Å². The third-order valence-electron chi connectivity index (χ3n) is 4.85. The van der Waals surface area contributed by atoms with Crippen molar-refractivity contribution in [1.29, 1.82) is 0 Å². The molecule has 0 atom stereocenters. The maximum atomic E-state index is 5.63. The number of nitrogens with one attached hydrogen (secondary N) is 1. The molecule has 0 bridgehead atoms. The second kappa shape index (κ2) is 6.25. The van der Waals surface area contributed by atoms with E-state index >= 15 is 0 Å². The smallest absolute Gasteiger partial charge is 0.0475 e. The quantitative estimate of drug-likeness (QED) is 0.912. The highest BCUT2D eigenvalue weighted by molar-refractivity contribution is 5.30. The van der Waals surface area contributed by atoms with Crippen molar-refractivity contribution in [3.63, 3.8) is 0 Å². The van der Waals surface area contributed by atoms with Crippen LogP contribution in [-0.2, 0) is 10.2 Å². The van der Waals surface area contributed by atoms with Crippen LogP contribution in [0.2, 0.25) is 0 Å². The van der Waals surface area contributed by atoms with Crippen molar-refractivity contribution in [2.24, 2.45) is 0 Å². The van der Waals surface area contributed by atoms with E-state index in [1.807, 2.05) is 0 Å². The topological polar surface area (TPSA) is 24.5 Å². The predicted octanol–water partition coefficient (Wildman–Crippen LogP) is 1.95. The van der Waals surface area contributed by atoms with E-state index in [1.165, 1.54) is 30.8 Å². The zero-order valence-corrected chi connectivity index (χ0v) is 12.5. The summed E-state index contributed by atoms with van der Waals surface area (Å²) in [5.41, 5.74) is 3.14. The lowest BCUT2D eigenvalue weighted by Gasteiger charge is -2.42. The second-order valence-corrected chi connectivity index (χ2v) is 6.28. The van der Waals surface area contributed by atoms with E-state index in [0.29, 0.717) is 5.41 Å². The van der Waals surface area contributed by atoms with E-state index in [1.54, 1.807) is 0 Å². The van der Waals surface area contributed by atoms with Crippen molar-refractivity contribution in [1.82, 2.24) is 10.2 Å². The van der Waals surface area contributed by atoms with Crippen molar-refractivity contribution < 1.29 is 4.74 Å². The molecule has 3 heteroatoms. The lowest BCUT2D eigenvalue weighted by Crippen LogP contribution is -2.51. The van der Waals surface area contributed by atoms with Crippen molar-refractivity contribution >= 4 is 0 Å². The van der Waals surface area contributed by atoms with Crippen molar-refractivity contribution in [2.45, 2.75) is 25.2 Å². The minimum absolute atomic E-state index is 0.295. The van der Waals surface area contributed by atoms with Crippen molar-refractivity contribution in [3.05, 3.63) is 35.4 Å². The molecule has 1 aromatic carbocycles. The molecule has 0 aromatic heterocycles. The van der Waals surface area contributed by atoms with Gasteiger partial charge in [0.05, 0.1) is 0 Å². The van der Waals surface area contributed by atoms with Crippen LogP contribution < -0.4 is 5.32 Å². The monoisotopic (exact) mass is 274 g/mol. The van der Waals surface area contributed by atoms with Crippen LogP contribution in [0.3, 0.4) is 0 Å². The molecule has 0 saturated carbocycles. The summed E-state index contributed by atoms with van der Waals surface area (Å²) in [6, 6.07) is 9.18. The molecule has 3 nitrogen and oxygen atoms in total. The molecule has 20 heavy (non-hydrogen) atoms. The molecule has 2 fully saturated rings. The number of benzene rings is 1. The van der Waals surface area contributed by atoms with Crippen molar-refractivity contribution in [2.75, 3.05) is 45.9 Å². The first kappa shape index (κ1) is 14.1. The minimum Gasteiger partial charge on any atom is -0.381 e. The third kappa shape index (κ3) is 3.05. The first-order valence-electron chi connectivity index (χ1n) is 7.87. The number of aryl methyl sites for hydroxylation is 1. The Labute approximate surface area is 122 Å². The fourth-order valence-corrected chi connectivity index (χ4v) is 3.50. The maximum absolute atomic E-state index is 5.63. The molecule has 110 valence electrons. The van der Waals surface area contributed by atoms with Gasteiger partial charge in [0.25, 0.3) is 0 Å². The van der Waals surface area contributed by atoms with Gasteiger partial charge in [-0.1, -0.05) is 29.8 Å². The van der Waals surface area contributed by atoms with Gasteiger partial charge in [-0.05, 0) is 25.3 Å². The first-order chi connectivity index (χ1) is 9.78.